The summed E-state index contributed by atoms with van der Waals surface area (Å²) in [6.45, 7) is 33.9. The Kier molecular flexibility index (Phi) is 14.7. The first-order chi connectivity index (χ1) is 22.6. The van der Waals surface area contributed by atoms with Gasteiger partial charge in [-0.25, -0.2) is 0 Å². The van der Waals surface area contributed by atoms with Crippen molar-refractivity contribution < 1.29 is 0 Å². The van der Waals surface area contributed by atoms with Crippen LogP contribution >= 0.6 is 11.3 Å². The third-order valence-corrected chi connectivity index (χ3v) is 12.0. The molecule has 0 bridgehead atoms. The van der Waals surface area contributed by atoms with Crippen LogP contribution in [0.5, 0.6) is 0 Å². The van der Waals surface area contributed by atoms with E-state index >= 15 is 0 Å². The molecule has 1 radical (unpaired) electrons. The molecule has 2 aliphatic carbocycles. The van der Waals surface area contributed by atoms with E-state index in [9.17, 15) is 0 Å². The molecule has 1 aromatic rings. The Morgan fingerprint density at radius 2 is 1.81 bits per heavy atom. The van der Waals surface area contributed by atoms with E-state index in [-0.39, 0.29) is 16.9 Å². The standard InChI is InChI=1S/C44H66BN2S/c1-14-17-36(31(3)4)19-16-25-47(35(9)29-45-39-30-48-42-41(39)43(10,11)23-24-44(42,12)13)26-22-38(18-15-2)46-40(32(5)6)28-37-27-33(7)20-21-34(37)8/h14-18,22,25-27,29-31,33-34,36,40,46H,2,5,19-21,23-24,28H2,1,3-4,6-13H3/b17-14+,25-16+,26-22+,35-29-,38-18+. The molecule has 4 heteroatoms. The van der Waals surface area contributed by atoms with Crippen molar-refractivity contribution in [2.75, 3.05) is 0 Å². The molecule has 3 rings (SSSR count). The van der Waals surface area contributed by atoms with Crippen molar-refractivity contribution in [3.05, 3.63) is 112 Å². The second-order valence-corrected chi connectivity index (χ2v) is 17.1. The highest BCUT2D eigenvalue weighted by atomic mass is 32.1. The summed E-state index contributed by atoms with van der Waals surface area (Å²) >= 11 is 1.94. The Morgan fingerprint density at radius 1 is 1.10 bits per heavy atom. The molecule has 0 aromatic carbocycles. The van der Waals surface area contributed by atoms with Gasteiger partial charge in [0.15, 0.2) is 7.28 Å². The summed E-state index contributed by atoms with van der Waals surface area (Å²) in [6, 6.07) is 0.166. The monoisotopic (exact) mass is 666 g/mol. The Bertz CT molecular complexity index is 1430. The van der Waals surface area contributed by atoms with Crippen molar-refractivity contribution in [2.45, 2.75) is 132 Å². The molecular formula is C44H66BN2S. The Morgan fingerprint density at radius 3 is 2.46 bits per heavy atom. The van der Waals surface area contributed by atoms with Gasteiger partial charge in [-0.1, -0.05) is 122 Å². The molecule has 0 saturated carbocycles. The fourth-order valence-electron chi connectivity index (χ4n) is 7.09. The van der Waals surface area contributed by atoms with Crippen LogP contribution in [0.15, 0.2) is 102 Å². The first kappa shape index (κ1) is 39.7. The maximum Gasteiger partial charge on any atom is 0.185 e. The fraction of sp³-hybridized carbons (Fsp3) is 0.545. The minimum Gasteiger partial charge on any atom is -0.378 e. The summed E-state index contributed by atoms with van der Waals surface area (Å²) in [7, 11) is 2.34. The topological polar surface area (TPSA) is 15.3 Å². The molecule has 1 N–H and O–H groups in total. The van der Waals surface area contributed by atoms with Gasteiger partial charge in [-0.15, -0.1) is 11.3 Å². The van der Waals surface area contributed by atoms with Crippen molar-refractivity contribution >= 4 is 24.1 Å². The third-order valence-electron chi connectivity index (χ3n) is 10.6. The smallest absolute Gasteiger partial charge is 0.185 e. The second kappa shape index (κ2) is 17.8. The predicted octanol–water partition coefficient (Wildman–Crippen LogP) is 11.8. The quantitative estimate of drug-likeness (QED) is 0.107. The highest BCUT2D eigenvalue weighted by Crippen LogP contribution is 2.47. The lowest BCUT2D eigenvalue weighted by molar-refractivity contribution is 0.340. The minimum absolute atomic E-state index is 0.166. The van der Waals surface area contributed by atoms with Gasteiger partial charge in [0, 0.05) is 28.7 Å². The van der Waals surface area contributed by atoms with Crippen molar-refractivity contribution in [1.82, 2.24) is 10.2 Å². The molecule has 0 saturated heterocycles. The summed E-state index contributed by atoms with van der Waals surface area (Å²) < 4.78 is 0. The van der Waals surface area contributed by atoms with Crippen molar-refractivity contribution in [1.29, 1.82) is 0 Å². The Balaban J connectivity index is 1.91. The molecule has 2 nitrogen and oxygen atoms in total. The van der Waals surface area contributed by atoms with E-state index in [4.69, 9.17) is 0 Å². The number of nitrogens with zero attached hydrogens (tertiary/aromatic N) is 1. The van der Waals surface area contributed by atoms with Crippen LogP contribution < -0.4 is 10.8 Å². The summed E-state index contributed by atoms with van der Waals surface area (Å²) in [5, 5.41) is 6.19. The minimum atomic E-state index is 0.166. The van der Waals surface area contributed by atoms with Gasteiger partial charge in [0.05, 0.1) is 6.04 Å². The van der Waals surface area contributed by atoms with Crippen LogP contribution in [-0.2, 0) is 10.8 Å². The summed E-state index contributed by atoms with van der Waals surface area (Å²) in [6.07, 6.45) is 26.9. The van der Waals surface area contributed by atoms with Gasteiger partial charge in [-0.05, 0) is 117 Å². The molecule has 4 atom stereocenters. The van der Waals surface area contributed by atoms with Gasteiger partial charge >= 0.3 is 0 Å². The number of hydrogen-bond donors (Lipinski definition) is 1. The number of rotatable bonds is 16. The molecule has 261 valence electrons. The zero-order valence-electron chi connectivity index (χ0n) is 32.3. The molecule has 4 unspecified atom stereocenters. The van der Waals surface area contributed by atoms with E-state index < -0.39 is 0 Å². The Hall–Kier alpha value is -2.72. The predicted molar refractivity (Wildman–Crippen MR) is 217 cm³/mol. The van der Waals surface area contributed by atoms with Crippen LogP contribution in [0, 0.1) is 23.7 Å². The normalized spacial score (nSPS) is 22.5. The van der Waals surface area contributed by atoms with Gasteiger partial charge in [-0.3, -0.25) is 0 Å². The zero-order valence-corrected chi connectivity index (χ0v) is 33.1. The van der Waals surface area contributed by atoms with Gasteiger partial charge < -0.3 is 10.2 Å². The Labute approximate surface area is 300 Å². The number of fused-ring (bicyclic) bond motifs is 1. The third kappa shape index (κ3) is 10.9. The molecule has 0 spiro atoms. The van der Waals surface area contributed by atoms with E-state index in [1.807, 2.05) is 17.4 Å². The summed E-state index contributed by atoms with van der Waals surface area (Å²) in [5.41, 5.74) is 8.26. The number of nitrogens with one attached hydrogen (secondary N) is 1. The molecule has 1 aromatic heterocycles. The fourth-order valence-corrected chi connectivity index (χ4v) is 8.47. The van der Waals surface area contributed by atoms with Crippen molar-refractivity contribution in [3.8, 4) is 0 Å². The lowest BCUT2D eigenvalue weighted by Crippen LogP contribution is -2.37. The summed E-state index contributed by atoms with van der Waals surface area (Å²) in [5.74, 6) is 4.67. The highest BCUT2D eigenvalue weighted by Gasteiger charge is 2.39. The van der Waals surface area contributed by atoms with Gasteiger partial charge in [0.1, 0.15) is 0 Å². The van der Waals surface area contributed by atoms with E-state index in [0.29, 0.717) is 23.7 Å². The molecule has 1 heterocycles. The van der Waals surface area contributed by atoms with E-state index in [1.165, 1.54) is 36.8 Å². The maximum atomic E-state index is 4.38. The first-order valence-corrected chi connectivity index (χ1v) is 19.3. The second-order valence-electron chi connectivity index (χ2n) is 16.2. The molecule has 0 aliphatic heterocycles. The first-order valence-electron chi connectivity index (χ1n) is 18.4. The van der Waals surface area contributed by atoms with Crippen molar-refractivity contribution in [2.24, 2.45) is 23.7 Å². The highest BCUT2D eigenvalue weighted by molar-refractivity contribution is 7.11. The van der Waals surface area contributed by atoms with Crippen LogP contribution in [0.4, 0.5) is 0 Å². The lowest BCUT2D eigenvalue weighted by Gasteiger charge is -2.40. The largest absolute Gasteiger partial charge is 0.378 e. The van der Waals surface area contributed by atoms with Crippen LogP contribution in [0.25, 0.3) is 0 Å². The van der Waals surface area contributed by atoms with Gasteiger partial charge in [0.25, 0.3) is 0 Å². The number of allylic oxidation sites excluding steroid dienone is 8. The molecule has 2 aliphatic rings. The van der Waals surface area contributed by atoms with E-state index in [1.54, 1.807) is 16.0 Å². The van der Waals surface area contributed by atoms with Gasteiger partial charge in [0.2, 0.25) is 0 Å². The van der Waals surface area contributed by atoms with Crippen LogP contribution in [-0.4, -0.2) is 18.2 Å². The van der Waals surface area contributed by atoms with Crippen LogP contribution in [0.3, 0.4) is 0 Å². The number of thiophene rings is 1. The molecular weight excluding hydrogens is 599 g/mol. The zero-order chi connectivity index (χ0) is 35.6. The average Bonchev–Trinajstić information content (AvgIpc) is 3.47. The molecule has 0 amide bonds. The maximum absolute atomic E-state index is 4.38. The SMILES string of the molecule is C=C/C=C(\C=C\N(/C=C/CC(/C=C/C)C(C)C)/C(C)=C\[B]c1csc2c1C(C)(C)CCC2(C)C)NC(CC1=CC(C)CCC1C)C(=C)C. The van der Waals surface area contributed by atoms with Crippen LogP contribution in [0.2, 0.25) is 0 Å². The van der Waals surface area contributed by atoms with Gasteiger partial charge in [-0.2, -0.15) is 0 Å². The number of hydrogen-bond acceptors (Lipinski definition) is 3. The van der Waals surface area contributed by atoms with Crippen molar-refractivity contribution in [3.63, 3.8) is 0 Å². The van der Waals surface area contributed by atoms with Crippen LogP contribution in [0.1, 0.15) is 125 Å². The molecule has 48 heavy (non-hydrogen) atoms. The summed E-state index contributed by atoms with van der Waals surface area (Å²) in [4.78, 5) is 3.82. The van der Waals surface area contributed by atoms with E-state index in [0.717, 1.165) is 24.1 Å². The van der Waals surface area contributed by atoms with E-state index in [2.05, 4.69) is 167 Å². The molecule has 0 fully saturated rings. The average molecular weight is 666 g/mol. The lowest BCUT2D eigenvalue weighted by atomic mass is 9.59.